The molecule has 1 aliphatic heterocycles. The van der Waals surface area contributed by atoms with Gasteiger partial charge in [-0.2, -0.15) is 0 Å². The Morgan fingerprint density at radius 1 is 1.38 bits per heavy atom. The Morgan fingerprint density at radius 2 is 2.12 bits per heavy atom. The molecule has 0 bridgehead atoms. The molecule has 0 aliphatic carbocycles. The van der Waals surface area contributed by atoms with Gasteiger partial charge in [0.05, 0.1) is 12.7 Å². The van der Waals surface area contributed by atoms with Gasteiger partial charge in [0.15, 0.2) is 0 Å². The molecule has 1 atom stereocenters. The summed E-state index contributed by atoms with van der Waals surface area (Å²) in [5.74, 6) is 0. The van der Waals surface area contributed by atoms with Crippen molar-refractivity contribution in [2.24, 2.45) is 0 Å². The van der Waals surface area contributed by atoms with Gasteiger partial charge in [-0.3, -0.25) is 4.98 Å². The third-order valence-corrected chi connectivity index (χ3v) is 2.88. The first-order valence-electron chi connectivity index (χ1n) is 6.00. The molecule has 0 amide bonds. The molecule has 0 saturated carbocycles. The lowest BCUT2D eigenvalue weighted by Gasteiger charge is -2.23. The minimum absolute atomic E-state index is 0.377. The SMILES string of the molecule is Cc1cc(COC2CCCNC2)cc(C)n1. The van der Waals surface area contributed by atoms with E-state index in [1.165, 1.54) is 18.4 Å². The molecule has 3 nitrogen and oxygen atoms in total. The quantitative estimate of drug-likeness (QED) is 0.845. The number of ether oxygens (including phenoxy) is 1. The molecule has 1 aromatic rings. The lowest BCUT2D eigenvalue weighted by atomic mass is 10.1. The molecule has 0 spiro atoms. The molecule has 1 unspecified atom stereocenters. The van der Waals surface area contributed by atoms with Gasteiger partial charge in [0, 0.05) is 17.9 Å². The number of piperidine rings is 1. The zero-order valence-corrected chi connectivity index (χ0v) is 10.1. The molecule has 1 N–H and O–H groups in total. The largest absolute Gasteiger partial charge is 0.372 e. The van der Waals surface area contributed by atoms with Crippen LogP contribution in [0, 0.1) is 13.8 Å². The Bertz CT molecular complexity index is 326. The molecule has 1 aliphatic rings. The van der Waals surface area contributed by atoms with Gasteiger partial charge in [0.2, 0.25) is 0 Å². The summed E-state index contributed by atoms with van der Waals surface area (Å²) in [4.78, 5) is 4.36. The first-order valence-corrected chi connectivity index (χ1v) is 6.00. The van der Waals surface area contributed by atoms with Crippen LogP contribution in [0.4, 0.5) is 0 Å². The van der Waals surface area contributed by atoms with Crippen molar-refractivity contribution in [1.29, 1.82) is 0 Å². The van der Waals surface area contributed by atoms with E-state index in [2.05, 4.69) is 22.4 Å². The van der Waals surface area contributed by atoms with E-state index in [1.54, 1.807) is 0 Å². The molecule has 88 valence electrons. The average molecular weight is 220 g/mol. The summed E-state index contributed by atoms with van der Waals surface area (Å²) < 4.78 is 5.89. The molecule has 0 aromatic carbocycles. The Labute approximate surface area is 97.2 Å². The third-order valence-electron chi connectivity index (χ3n) is 2.88. The maximum atomic E-state index is 5.89. The molecule has 2 rings (SSSR count). The molecule has 1 aromatic heterocycles. The average Bonchev–Trinajstić information content (AvgIpc) is 2.27. The van der Waals surface area contributed by atoms with E-state index >= 15 is 0 Å². The van der Waals surface area contributed by atoms with Crippen molar-refractivity contribution in [3.63, 3.8) is 0 Å². The van der Waals surface area contributed by atoms with Gasteiger partial charge < -0.3 is 10.1 Å². The van der Waals surface area contributed by atoms with E-state index in [9.17, 15) is 0 Å². The minimum Gasteiger partial charge on any atom is -0.372 e. The van der Waals surface area contributed by atoms with Gasteiger partial charge in [0.25, 0.3) is 0 Å². The van der Waals surface area contributed by atoms with Crippen LogP contribution in [0.3, 0.4) is 0 Å². The molecule has 2 heterocycles. The fraction of sp³-hybridized carbons (Fsp3) is 0.615. The van der Waals surface area contributed by atoms with Gasteiger partial charge in [-0.05, 0) is 50.9 Å². The highest BCUT2D eigenvalue weighted by molar-refractivity contribution is 5.19. The Balaban J connectivity index is 1.88. The highest BCUT2D eigenvalue weighted by Crippen LogP contribution is 2.11. The zero-order chi connectivity index (χ0) is 11.4. The number of aryl methyl sites for hydroxylation is 2. The molecule has 1 saturated heterocycles. The van der Waals surface area contributed by atoms with Crippen LogP contribution in [-0.4, -0.2) is 24.2 Å². The number of hydrogen-bond acceptors (Lipinski definition) is 3. The topological polar surface area (TPSA) is 34.1 Å². The van der Waals surface area contributed by atoms with Crippen LogP contribution in [0.25, 0.3) is 0 Å². The number of pyridine rings is 1. The Hall–Kier alpha value is -0.930. The van der Waals surface area contributed by atoms with Crippen molar-refractivity contribution in [2.75, 3.05) is 13.1 Å². The summed E-state index contributed by atoms with van der Waals surface area (Å²) >= 11 is 0. The third kappa shape index (κ3) is 3.29. The van der Waals surface area contributed by atoms with E-state index in [1.807, 2.05) is 13.8 Å². The minimum atomic E-state index is 0.377. The lowest BCUT2D eigenvalue weighted by molar-refractivity contribution is 0.0252. The monoisotopic (exact) mass is 220 g/mol. The van der Waals surface area contributed by atoms with Crippen molar-refractivity contribution in [3.05, 3.63) is 29.1 Å². The molecule has 0 radical (unpaired) electrons. The summed E-state index contributed by atoms with van der Waals surface area (Å²) in [7, 11) is 0. The second-order valence-corrected chi connectivity index (χ2v) is 4.54. The van der Waals surface area contributed by atoms with Gasteiger partial charge >= 0.3 is 0 Å². The molecule has 3 heteroatoms. The van der Waals surface area contributed by atoms with Crippen LogP contribution in [0.1, 0.15) is 29.8 Å². The highest BCUT2D eigenvalue weighted by atomic mass is 16.5. The smallest absolute Gasteiger partial charge is 0.0722 e. The van der Waals surface area contributed by atoms with E-state index in [4.69, 9.17) is 4.74 Å². The van der Waals surface area contributed by atoms with E-state index in [-0.39, 0.29) is 0 Å². The number of nitrogens with zero attached hydrogens (tertiary/aromatic N) is 1. The van der Waals surface area contributed by atoms with Crippen molar-refractivity contribution >= 4 is 0 Å². The molecular formula is C13H20N2O. The number of hydrogen-bond donors (Lipinski definition) is 1. The highest BCUT2D eigenvalue weighted by Gasteiger charge is 2.13. The van der Waals surface area contributed by atoms with Gasteiger partial charge in [-0.15, -0.1) is 0 Å². The van der Waals surface area contributed by atoms with Crippen LogP contribution in [0.15, 0.2) is 12.1 Å². The van der Waals surface area contributed by atoms with Crippen molar-refractivity contribution in [1.82, 2.24) is 10.3 Å². The standard InChI is InChI=1S/C13H20N2O/c1-10-6-12(7-11(2)15-10)9-16-13-4-3-5-14-8-13/h6-7,13-14H,3-5,8-9H2,1-2H3. The van der Waals surface area contributed by atoms with E-state index in [0.29, 0.717) is 12.7 Å². The van der Waals surface area contributed by atoms with Crippen LogP contribution in [-0.2, 0) is 11.3 Å². The van der Waals surface area contributed by atoms with Crippen molar-refractivity contribution in [3.8, 4) is 0 Å². The molecule has 1 fully saturated rings. The fourth-order valence-electron chi connectivity index (χ4n) is 2.18. The van der Waals surface area contributed by atoms with Gasteiger partial charge in [-0.1, -0.05) is 0 Å². The lowest BCUT2D eigenvalue weighted by Crippen LogP contribution is -2.35. The number of rotatable bonds is 3. The normalized spacial score (nSPS) is 21.0. The second-order valence-electron chi connectivity index (χ2n) is 4.54. The maximum Gasteiger partial charge on any atom is 0.0722 e. The number of nitrogens with one attached hydrogen (secondary N) is 1. The van der Waals surface area contributed by atoms with Gasteiger partial charge in [0.1, 0.15) is 0 Å². The Kier molecular flexibility index (Phi) is 3.91. The van der Waals surface area contributed by atoms with E-state index in [0.717, 1.165) is 24.5 Å². The summed E-state index contributed by atoms with van der Waals surface area (Å²) in [5.41, 5.74) is 3.37. The first kappa shape index (κ1) is 11.6. The fourth-order valence-corrected chi connectivity index (χ4v) is 2.18. The summed E-state index contributed by atoms with van der Waals surface area (Å²) in [6, 6.07) is 4.20. The summed E-state index contributed by atoms with van der Waals surface area (Å²) in [6.45, 7) is 6.88. The van der Waals surface area contributed by atoms with Gasteiger partial charge in [-0.25, -0.2) is 0 Å². The molecular weight excluding hydrogens is 200 g/mol. The van der Waals surface area contributed by atoms with Crippen LogP contribution < -0.4 is 5.32 Å². The predicted octanol–water partition coefficient (Wildman–Crippen LogP) is 1.97. The first-order chi connectivity index (χ1) is 7.74. The zero-order valence-electron chi connectivity index (χ0n) is 10.1. The predicted molar refractivity (Wildman–Crippen MR) is 64.4 cm³/mol. The van der Waals surface area contributed by atoms with Crippen LogP contribution >= 0.6 is 0 Å². The maximum absolute atomic E-state index is 5.89. The van der Waals surface area contributed by atoms with Crippen LogP contribution in [0.2, 0.25) is 0 Å². The number of aromatic nitrogens is 1. The van der Waals surface area contributed by atoms with E-state index < -0.39 is 0 Å². The summed E-state index contributed by atoms with van der Waals surface area (Å²) in [6.07, 6.45) is 2.78. The van der Waals surface area contributed by atoms with Crippen molar-refractivity contribution in [2.45, 2.75) is 39.4 Å². The second kappa shape index (κ2) is 5.41. The summed E-state index contributed by atoms with van der Waals surface area (Å²) in [5, 5.41) is 3.36. The Morgan fingerprint density at radius 3 is 2.75 bits per heavy atom. The van der Waals surface area contributed by atoms with Crippen LogP contribution in [0.5, 0.6) is 0 Å². The molecule has 16 heavy (non-hydrogen) atoms. The van der Waals surface area contributed by atoms with Crippen molar-refractivity contribution < 1.29 is 4.74 Å².